The minimum Gasteiger partial charge on any atom is -0.494 e. The van der Waals surface area contributed by atoms with Crippen LogP contribution in [-0.2, 0) is 17.8 Å². The predicted molar refractivity (Wildman–Crippen MR) is 88.8 cm³/mol. The summed E-state index contributed by atoms with van der Waals surface area (Å²) in [6.45, 7) is 0.469. The van der Waals surface area contributed by atoms with E-state index in [-0.39, 0.29) is 17.1 Å². The second kappa shape index (κ2) is 7.52. The van der Waals surface area contributed by atoms with Crippen LogP contribution in [0.15, 0.2) is 24.4 Å². The fraction of sp³-hybridized carbons (Fsp3) is 0.375. The lowest BCUT2D eigenvalue weighted by Crippen LogP contribution is -2.43. The van der Waals surface area contributed by atoms with Gasteiger partial charge in [0, 0.05) is 6.20 Å². The number of nitrogens with zero attached hydrogens (tertiary/aromatic N) is 3. The maximum atomic E-state index is 12.5. The van der Waals surface area contributed by atoms with Gasteiger partial charge in [-0.1, -0.05) is 16.8 Å². The van der Waals surface area contributed by atoms with Crippen molar-refractivity contribution in [2.75, 3.05) is 6.61 Å². The van der Waals surface area contributed by atoms with Gasteiger partial charge in [0.25, 0.3) is 5.91 Å². The van der Waals surface area contributed by atoms with Crippen LogP contribution in [0, 0.1) is 0 Å². The van der Waals surface area contributed by atoms with Gasteiger partial charge in [0.2, 0.25) is 0 Å². The number of aryl methyl sites for hydroxylation is 1. The smallest absolute Gasteiger partial charge is 0.328 e. The zero-order valence-electron chi connectivity index (χ0n) is 13.3. The molecular weight excluding hydrogens is 348 g/mol. The number of carbonyl (C=O) groups is 2. The molecule has 1 aliphatic rings. The predicted octanol–water partition coefficient (Wildman–Crippen LogP) is 1.53. The Morgan fingerprint density at radius 1 is 1.40 bits per heavy atom. The molecule has 0 spiro atoms. The molecule has 1 aromatic carbocycles. The lowest BCUT2D eigenvalue weighted by Gasteiger charge is -2.15. The number of halogens is 1. The Balaban J connectivity index is 1.90. The Bertz CT molecular complexity index is 792. The maximum Gasteiger partial charge on any atom is 0.328 e. The summed E-state index contributed by atoms with van der Waals surface area (Å²) < 4.78 is 7.06. The minimum atomic E-state index is -1.17. The van der Waals surface area contributed by atoms with Crippen molar-refractivity contribution in [2.24, 2.45) is 0 Å². The van der Waals surface area contributed by atoms with Crippen LogP contribution < -0.4 is 10.1 Å². The second-order valence-corrected chi connectivity index (χ2v) is 6.15. The summed E-state index contributed by atoms with van der Waals surface area (Å²) >= 11 is 6.08. The van der Waals surface area contributed by atoms with Gasteiger partial charge in [-0.15, -0.1) is 5.10 Å². The zero-order chi connectivity index (χ0) is 17.8. The highest BCUT2D eigenvalue weighted by Gasteiger charge is 2.23. The van der Waals surface area contributed by atoms with E-state index in [1.165, 1.54) is 10.7 Å². The summed E-state index contributed by atoms with van der Waals surface area (Å²) in [6, 6.07) is 3.59. The van der Waals surface area contributed by atoms with Crippen molar-refractivity contribution in [3.8, 4) is 5.75 Å². The topological polar surface area (TPSA) is 106 Å². The first-order chi connectivity index (χ1) is 12.0. The Hall–Kier alpha value is -2.61. The van der Waals surface area contributed by atoms with Gasteiger partial charge in [-0.3, -0.25) is 4.79 Å². The zero-order valence-corrected chi connectivity index (χ0v) is 14.1. The van der Waals surface area contributed by atoms with Crippen LogP contribution in [0.5, 0.6) is 5.75 Å². The average molecular weight is 365 g/mol. The van der Waals surface area contributed by atoms with Crippen molar-refractivity contribution >= 4 is 23.5 Å². The number of fused-ring (bicyclic) bond motifs is 4. The normalized spacial score (nSPS) is 18.4. The summed E-state index contributed by atoms with van der Waals surface area (Å²) in [6.07, 6.45) is 4.09. The highest BCUT2D eigenvalue weighted by Crippen LogP contribution is 2.22. The molecule has 2 aromatic rings. The minimum absolute atomic E-state index is 0.0259. The molecule has 132 valence electrons. The molecule has 3 rings (SSSR count). The van der Waals surface area contributed by atoms with Gasteiger partial charge in [0.1, 0.15) is 11.8 Å². The van der Waals surface area contributed by atoms with Gasteiger partial charge >= 0.3 is 5.97 Å². The lowest BCUT2D eigenvalue weighted by atomic mass is 10.1. The molecule has 0 aliphatic carbocycles. The van der Waals surface area contributed by atoms with E-state index in [0.29, 0.717) is 12.4 Å². The number of ether oxygens (including phenoxy) is 1. The molecule has 2 N–H and O–H groups in total. The molecule has 8 nitrogen and oxygen atoms in total. The third kappa shape index (κ3) is 4.27. The van der Waals surface area contributed by atoms with Crippen molar-refractivity contribution in [1.82, 2.24) is 20.3 Å². The summed E-state index contributed by atoms with van der Waals surface area (Å²) in [5.74, 6) is -1.24. The highest BCUT2D eigenvalue weighted by molar-refractivity contribution is 6.34. The number of benzene rings is 1. The van der Waals surface area contributed by atoms with Gasteiger partial charge in [0.15, 0.2) is 0 Å². The molecule has 1 amide bonds. The number of nitrogens with one attached hydrogen (secondary N) is 1. The number of carboxylic acids is 1. The Morgan fingerprint density at radius 2 is 2.24 bits per heavy atom. The van der Waals surface area contributed by atoms with Crippen LogP contribution >= 0.6 is 11.6 Å². The van der Waals surface area contributed by atoms with Gasteiger partial charge in [-0.25, -0.2) is 9.48 Å². The number of rotatable bonds is 1. The molecule has 0 unspecified atom stereocenters. The van der Waals surface area contributed by atoms with E-state index in [1.807, 2.05) is 0 Å². The van der Waals surface area contributed by atoms with E-state index in [2.05, 4.69) is 15.6 Å². The van der Waals surface area contributed by atoms with Gasteiger partial charge in [0.05, 0.1) is 29.4 Å². The number of aliphatic carboxylic acids is 1. The Morgan fingerprint density at radius 3 is 3.04 bits per heavy atom. The lowest BCUT2D eigenvalue weighted by molar-refractivity contribution is -0.139. The number of carbonyl (C=O) groups excluding carboxylic acids is 1. The molecule has 1 aliphatic heterocycles. The van der Waals surface area contributed by atoms with Crippen molar-refractivity contribution in [1.29, 1.82) is 0 Å². The standard InChI is InChI=1S/C16H17ClN4O4/c17-13-5-4-11-7-12(13)15(22)18-14(16(23)24)9-21-8-10(19-20-21)3-1-2-6-25-11/h4-5,7-8,14H,1-3,6,9H2,(H,18,22)(H,23,24)/t14-/m0/s1. The fourth-order valence-electron chi connectivity index (χ4n) is 2.52. The van der Waals surface area contributed by atoms with Crippen LogP contribution in [-0.4, -0.2) is 44.6 Å². The Labute approximate surface area is 148 Å². The first kappa shape index (κ1) is 17.2. The van der Waals surface area contributed by atoms with Crippen LogP contribution in [0.25, 0.3) is 0 Å². The van der Waals surface area contributed by atoms with Gasteiger partial charge in [-0.2, -0.15) is 0 Å². The summed E-state index contributed by atoms with van der Waals surface area (Å²) in [7, 11) is 0. The Kier molecular flexibility index (Phi) is 5.18. The summed E-state index contributed by atoms with van der Waals surface area (Å²) in [4.78, 5) is 23.9. The molecule has 25 heavy (non-hydrogen) atoms. The van der Waals surface area contributed by atoms with E-state index in [1.54, 1.807) is 18.3 Å². The van der Waals surface area contributed by atoms with Gasteiger partial charge in [-0.05, 0) is 37.5 Å². The van der Waals surface area contributed by atoms with E-state index in [4.69, 9.17) is 16.3 Å². The highest BCUT2D eigenvalue weighted by atomic mass is 35.5. The van der Waals surface area contributed by atoms with Crippen LogP contribution in [0.3, 0.4) is 0 Å². The van der Waals surface area contributed by atoms with Crippen molar-refractivity contribution in [2.45, 2.75) is 31.8 Å². The number of aromatic nitrogens is 3. The molecule has 2 heterocycles. The molecule has 0 saturated carbocycles. The van der Waals surface area contributed by atoms with Crippen molar-refractivity contribution in [3.63, 3.8) is 0 Å². The monoisotopic (exact) mass is 364 g/mol. The van der Waals surface area contributed by atoms with E-state index in [9.17, 15) is 14.7 Å². The molecule has 9 heteroatoms. The van der Waals surface area contributed by atoms with E-state index < -0.39 is 17.9 Å². The first-order valence-corrected chi connectivity index (χ1v) is 8.26. The van der Waals surface area contributed by atoms with Gasteiger partial charge < -0.3 is 15.2 Å². The first-order valence-electron chi connectivity index (χ1n) is 7.88. The molecule has 0 saturated heterocycles. The van der Waals surface area contributed by atoms with Crippen LogP contribution in [0.4, 0.5) is 0 Å². The maximum absolute atomic E-state index is 12.5. The third-order valence-electron chi connectivity index (χ3n) is 3.84. The van der Waals surface area contributed by atoms with Crippen molar-refractivity contribution < 1.29 is 19.4 Å². The number of hydrogen-bond acceptors (Lipinski definition) is 5. The molecular formula is C16H17ClN4O4. The average Bonchev–Trinajstić information content (AvgIpc) is 3.01. The molecule has 0 radical (unpaired) electrons. The number of carboxylic acid groups (broad SMARTS) is 1. The summed E-state index contributed by atoms with van der Waals surface area (Å²) in [5, 5.41) is 20.0. The number of hydrogen-bond donors (Lipinski definition) is 2. The SMILES string of the molecule is O=C1N[C@H](C(=O)O)Cn2cc(nn2)CCCCOc2ccc(Cl)c1c2. The molecule has 1 aromatic heterocycles. The fourth-order valence-corrected chi connectivity index (χ4v) is 2.72. The van der Waals surface area contributed by atoms with E-state index in [0.717, 1.165) is 25.0 Å². The van der Waals surface area contributed by atoms with Crippen LogP contribution in [0.2, 0.25) is 5.02 Å². The number of amides is 1. The second-order valence-electron chi connectivity index (χ2n) is 5.74. The molecule has 1 atom stereocenters. The summed E-state index contributed by atoms with van der Waals surface area (Å²) in [5.41, 5.74) is 0.938. The third-order valence-corrected chi connectivity index (χ3v) is 4.17. The molecule has 0 fully saturated rings. The van der Waals surface area contributed by atoms with Crippen LogP contribution in [0.1, 0.15) is 28.9 Å². The van der Waals surface area contributed by atoms with E-state index >= 15 is 0 Å². The van der Waals surface area contributed by atoms with Crippen molar-refractivity contribution in [3.05, 3.63) is 40.7 Å². The quantitative estimate of drug-likeness (QED) is 0.794. The molecule has 4 bridgehead atoms. The largest absolute Gasteiger partial charge is 0.494 e.